The van der Waals surface area contributed by atoms with Gasteiger partial charge in [-0.2, -0.15) is 0 Å². The van der Waals surface area contributed by atoms with Gasteiger partial charge in [0, 0.05) is 6.54 Å². The Morgan fingerprint density at radius 2 is 1.32 bits per heavy atom. The molecule has 0 aliphatic carbocycles. The predicted octanol–water partition coefficient (Wildman–Crippen LogP) is -5.70. The van der Waals surface area contributed by atoms with E-state index in [0.29, 0.717) is 0 Å². The second kappa shape index (κ2) is 10.6. The van der Waals surface area contributed by atoms with Gasteiger partial charge in [-0.3, -0.25) is 0 Å². The number of rotatable bonds is 7. The first-order chi connectivity index (χ1) is 14.7. The van der Waals surface area contributed by atoms with Crippen molar-refractivity contribution < 1.29 is 64.2 Å². The van der Waals surface area contributed by atoms with Gasteiger partial charge in [0.05, 0.1) is 25.4 Å². The standard InChI is InChI=1S/C17H30FNO12/c18-1-7-9(23)10(24)12(26)16(28-7)31-15-8(4-21)29-17(13(27)11(15)25)30-14-5(3-20)19-2-6(14)22/h5-17,19-27H,1-4H2/t5-,6-,7+,8+,9+,10-,11+,12+,13+,14+,15+,16-,17+/m0/s1. The van der Waals surface area contributed by atoms with Gasteiger partial charge in [-0.1, -0.05) is 0 Å². The fraction of sp³-hybridized carbons (Fsp3) is 1.00. The summed E-state index contributed by atoms with van der Waals surface area (Å²) in [7, 11) is 0. The van der Waals surface area contributed by atoms with Crippen LogP contribution in [0.5, 0.6) is 0 Å². The lowest BCUT2D eigenvalue weighted by Gasteiger charge is -2.46. The number of hydrogen-bond acceptors (Lipinski definition) is 13. The molecule has 0 radical (unpaired) electrons. The molecule has 3 heterocycles. The molecule has 0 bridgehead atoms. The van der Waals surface area contributed by atoms with E-state index in [9.17, 15) is 45.2 Å². The van der Waals surface area contributed by atoms with Crippen molar-refractivity contribution in [3.05, 3.63) is 0 Å². The summed E-state index contributed by atoms with van der Waals surface area (Å²) < 4.78 is 34.5. The molecular weight excluding hydrogens is 429 g/mol. The number of aliphatic hydroxyl groups excluding tert-OH is 8. The Morgan fingerprint density at radius 3 is 1.90 bits per heavy atom. The van der Waals surface area contributed by atoms with E-state index < -0.39 is 92.9 Å². The van der Waals surface area contributed by atoms with E-state index in [0.717, 1.165) is 0 Å². The summed E-state index contributed by atoms with van der Waals surface area (Å²) in [6.45, 7) is -2.18. The molecule has 0 unspecified atom stereocenters. The monoisotopic (exact) mass is 459 g/mol. The van der Waals surface area contributed by atoms with Gasteiger partial charge in [-0.15, -0.1) is 0 Å². The van der Waals surface area contributed by atoms with Crippen LogP contribution in [0.1, 0.15) is 0 Å². The Bertz CT molecular complexity index is 573. The van der Waals surface area contributed by atoms with Gasteiger partial charge < -0.3 is 65.1 Å². The van der Waals surface area contributed by atoms with Crippen molar-refractivity contribution in [1.82, 2.24) is 5.32 Å². The van der Waals surface area contributed by atoms with Crippen molar-refractivity contribution in [3.63, 3.8) is 0 Å². The molecule has 0 amide bonds. The maximum atomic E-state index is 13.1. The highest BCUT2D eigenvalue weighted by molar-refractivity contribution is 4.96. The maximum absolute atomic E-state index is 13.1. The van der Waals surface area contributed by atoms with Crippen LogP contribution < -0.4 is 5.32 Å². The van der Waals surface area contributed by atoms with Gasteiger partial charge in [0.25, 0.3) is 0 Å². The lowest BCUT2D eigenvalue weighted by Crippen LogP contribution is -2.65. The number of alkyl halides is 1. The molecule has 0 spiro atoms. The summed E-state index contributed by atoms with van der Waals surface area (Å²) in [6, 6.07) is -0.652. The van der Waals surface area contributed by atoms with Gasteiger partial charge >= 0.3 is 0 Å². The number of hydrogen-bond donors (Lipinski definition) is 9. The topological polar surface area (TPSA) is 211 Å². The molecule has 9 N–H and O–H groups in total. The van der Waals surface area contributed by atoms with Crippen molar-refractivity contribution in [1.29, 1.82) is 0 Å². The smallest absolute Gasteiger partial charge is 0.187 e. The van der Waals surface area contributed by atoms with E-state index in [1.807, 2.05) is 0 Å². The summed E-state index contributed by atoms with van der Waals surface area (Å²) in [6.07, 6.45) is -18.4. The second-order valence-electron chi connectivity index (χ2n) is 7.84. The molecule has 14 heteroatoms. The highest BCUT2D eigenvalue weighted by atomic mass is 19.1. The van der Waals surface area contributed by atoms with Gasteiger partial charge in [-0.25, -0.2) is 4.39 Å². The predicted molar refractivity (Wildman–Crippen MR) is 95.0 cm³/mol. The molecule has 3 saturated heterocycles. The molecule has 0 aromatic rings. The van der Waals surface area contributed by atoms with Crippen LogP contribution in [0.25, 0.3) is 0 Å². The van der Waals surface area contributed by atoms with E-state index in [4.69, 9.17) is 18.9 Å². The SMILES string of the molecule is OC[C@@H]1NC[C@H](O)[C@@H]1O[C@H]1O[C@H](CO)[C@@H](O[C@@H]2O[C@H](CF)[C@@H](O)[C@H](O)[C@H]2O)[C@H](O)[C@H]1O. The molecule has 31 heavy (non-hydrogen) atoms. The Labute approximate surface area is 176 Å². The summed E-state index contributed by atoms with van der Waals surface area (Å²) in [4.78, 5) is 0. The van der Waals surface area contributed by atoms with Crippen molar-refractivity contribution in [2.75, 3.05) is 26.4 Å². The van der Waals surface area contributed by atoms with Crippen LogP contribution in [0.4, 0.5) is 4.39 Å². The minimum Gasteiger partial charge on any atom is -0.395 e. The van der Waals surface area contributed by atoms with E-state index in [2.05, 4.69) is 5.32 Å². The van der Waals surface area contributed by atoms with Crippen molar-refractivity contribution in [3.8, 4) is 0 Å². The number of ether oxygens (including phenoxy) is 4. The molecule has 0 saturated carbocycles. The average Bonchev–Trinajstić information content (AvgIpc) is 3.12. The van der Waals surface area contributed by atoms with Crippen LogP contribution >= 0.6 is 0 Å². The normalized spacial score (nSPS) is 51.2. The number of β-amino-alcohol motifs (C(OH)–C–C–N with tert-alkyl or cyclic N) is 1. The third-order valence-corrected chi connectivity index (χ3v) is 5.79. The van der Waals surface area contributed by atoms with Gasteiger partial charge in [0.1, 0.15) is 61.6 Å². The Kier molecular flexibility index (Phi) is 8.53. The molecule has 0 aromatic carbocycles. The molecule has 0 aromatic heterocycles. The molecule has 3 rings (SSSR count). The molecule has 3 aliphatic rings. The molecule has 3 fully saturated rings. The average molecular weight is 459 g/mol. The highest BCUT2D eigenvalue weighted by Crippen LogP contribution is 2.30. The first kappa shape index (κ1) is 25.0. The van der Waals surface area contributed by atoms with Crippen LogP contribution in [0.15, 0.2) is 0 Å². The maximum Gasteiger partial charge on any atom is 0.187 e. The zero-order valence-electron chi connectivity index (χ0n) is 16.4. The lowest BCUT2D eigenvalue weighted by molar-refractivity contribution is -0.363. The van der Waals surface area contributed by atoms with Crippen LogP contribution in [0, 0.1) is 0 Å². The quantitative estimate of drug-likeness (QED) is 0.174. The minimum atomic E-state index is -1.82. The lowest BCUT2D eigenvalue weighted by atomic mass is 9.97. The Morgan fingerprint density at radius 1 is 0.742 bits per heavy atom. The highest BCUT2D eigenvalue weighted by Gasteiger charge is 2.52. The first-order valence-electron chi connectivity index (χ1n) is 9.94. The molecule has 13 nitrogen and oxygen atoms in total. The van der Waals surface area contributed by atoms with E-state index in [1.54, 1.807) is 0 Å². The Hall–Kier alpha value is -0.590. The van der Waals surface area contributed by atoms with Crippen molar-refractivity contribution >= 4 is 0 Å². The summed E-state index contributed by atoms with van der Waals surface area (Å²) in [5.41, 5.74) is 0. The van der Waals surface area contributed by atoms with Crippen LogP contribution in [0.3, 0.4) is 0 Å². The van der Waals surface area contributed by atoms with E-state index in [1.165, 1.54) is 0 Å². The van der Waals surface area contributed by atoms with Crippen molar-refractivity contribution in [2.45, 2.75) is 79.7 Å². The van der Waals surface area contributed by atoms with Crippen molar-refractivity contribution in [2.24, 2.45) is 0 Å². The fourth-order valence-electron chi connectivity index (χ4n) is 3.93. The van der Waals surface area contributed by atoms with Crippen LogP contribution in [-0.2, 0) is 18.9 Å². The van der Waals surface area contributed by atoms with Crippen LogP contribution in [0.2, 0.25) is 0 Å². The third kappa shape index (κ3) is 5.01. The zero-order valence-corrected chi connectivity index (χ0v) is 16.4. The molecule has 13 atom stereocenters. The molecular formula is C17H30FNO12. The number of halogens is 1. The summed E-state index contributed by atoms with van der Waals surface area (Å²) in [5.74, 6) is 0. The second-order valence-corrected chi connectivity index (χ2v) is 7.84. The summed E-state index contributed by atoms with van der Waals surface area (Å²) >= 11 is 0. The first-order valence-corrected chi connectivity index (χ1v) is 9.94. The van der Waals surface area contributed by atoms with Crippen LogP contribution in [-0.4, -0.2) is 147 Å². The number of aliphatic hydroxyl groups is 8. The van der Waals surface area contributed by atoms with Gasteiger partial charge in [0.15, 0.2) is 12.6 Å². The summed E-state index contributed by atoms with van der Waals surface area (Å²) in [5, 5.41) is 82.5. The van der Waals surface area contributed by atoms with Gasteiger partial charge in [0.2, 0.25) is 0 Å². The number of nitrogens with one attached hydrogen (secondary N) is 1. The minimum absolute atomic E-state index is 0.122. The zero-order chi connectivity index (χ0) is 22.9. The molecule has 3 aliphatic heterocycles. The van der Waals surface area contributed by atoms with Gasteiger partial charge in [-0.05, 0) is 0 Å². The third-order valence-electron chi connectivity index (χ3n) is 5.79. The largest absolute Gasteiger partial charge is 0.395 e. The Balaban J connectivity index is 1.69. The fourth-order valence-corrected chi connectivity index (χ4v) is 3.93. The van der Waals surface area contributed by atoms with E-state index >= 15 is 0 Å². The van der Waals surface area contributed by atoms with E-state index in [-0.39, 0.29) is 13.2 Å². The molecule has 182 valence electrons.